The molecule has 4 rings (SSSR count). The van der Waals surface area contributed by atoms with Crippen molar-refractivity contribution in [3.63, 3.8) is 0 Å². The topological polar surface area (TPSA) is 49.9 Å². The summed E-state index contributed by atoms with van der Waals surface area (Å²) in [5, 5.41) is 0.646. The van der Waals surface area contributed by atoms with E-state index in [4.69, 9.17) is 16.3 Å². The van der Waals surface area contributed by atoms with Crippen molar-refractivity contribution in [3.05, 3.63) is 34.9 Å². The molecule has 2 amide bonds. The van der Waals surface area contributed by atoms with Gasteiger partial charge >= 0.3 is 0 Å². The lowest BCUT2D eigenvalue weighted by molar-refractivity contribution is -0.176. The molecule has 1 spiro atoms. The summed E-state index contributed by atoms with van der Waals surface area (Å²) in [5.41, 5.74) is 0.600. The highest BCUT2D eigenvalue weighted by atomic mass is 35.5. The van der Waals surface area contributed by atoms with Gasteiger partial charge in [0.1, 0.15) is 6.61 Å². The Bertz CT molecular complexity index is 694. The smallest absolute Gasteiger partial charge is 0.248 e. The SMILES string of the molecule is CN1CC2(CC3CCC(C2)N3C(=O)Cc2ccccc2Cl)OCC1=O. The molecule has 25 heavy (non-hydrogen) atoms. The van der Waals surface area contributed by atoms with Crippen LogP contribution >= 0.6 is 11.6 Å². The summed E-state index contributed by atoms with van der Waals surface area (Å²) in [5.74, 6) is 0.186. The van der Waals surface area contributed by atoms with E-state index in [-0.39, 0.29) is 36.1 Å². The largest absolute Gasteiger partial charge is 0.363 e. The van der Waals surface area contributed by atoms with Crippen molar-refractivity contribution in [2.75, 3.05) is 20.2 Å². The molecular weight excluding hydrogens is 340 g/mol. The molecule has 3 heterocycles. The van der Waals surface area contributed by atoms with Crippen molar-refractivity contribution < 1.29 is 14.3 Å². The van der Waals surface area contributed by atoms with E-state index in [0.717, 1.165) is 31.2 Å². The minimum atomic E-state index is -0.282. The van der Waals surface area contributed by atoms with Gasteiger partial charge in [0.25, 0.3) is 0 Å². The number of halogens is 1. The monoisotopic (exact) mass is 362 g/mol. The number of benzene rings is 1. The Morgan fingerprint density at radius 2 is 1.96 bits per heavy atom. The number of hydrogen-bond donors (Lipinski definition) is 0. The number of amides is 2. The van der Waals surface area contributed by atoms with Gasteiger partial charge in [-0.1, -0.05) is 29.8 Å². The predicted molar refractivity (Wildman–Crippen MR) is 94.4 cm³/mol. The quantitative estimate of drug-likeness (QED) is 0.811. The van der Waals surface area contributed by atoms with E-state index in [9.17, 15) is 9.59 Å². The first-order chi connectivity index (χ1) is 12.0. The molecule has 0 aromatic heterocycles. The lowest BCUT2D eigenvalue weighted by Crippen LogP contribution is -2.61. The third-order valence-electron chi connectivity index (χ3n) is 5.88. The number of fused-ring (bicyclic) bond motifs is 2. The van der Waals surface area contributed by atoms with Gasteiger partial charge in [0, 0.05) is 30.7 Å². The van der Waals surface area contributed by atoms with Crippen LogP contribution in [0.2, 0.25) is 5.02 Å². The highest BCUT2D eigenvalue weighted by molar-refractivity contribution is 6.31. The van der Waals surface area contributed by atoms with Crippen molar-refractivity contribution in [3.8, 4) is 0 Å². The van der Waals surface area contributed by atoms with E-state index in [1.165, 1.54) is 0 Å². The fourth-order valence-electron chi connectivity index (χ4n) is 4.75. The maximum atomic E-state index is 12.9. The van der Waals surface area contributed by atoms with Crippen molar-refractivity contribution in [1.82, 2.24) is 9.80 Å². The van der Waals surface area contributed by atoms with Crippen LogP contribution in [0.4, 0.5) is 0 Å². The first kappa shape index (κ1) is 16.9. The van der Waals surface area contributed by atoms with Gasteiger partial charge in [-0.15, -0.1) is 0 Å². The molecule has 1 aromatic carbocycles. The Hall–Kier alpha value is -1.59. The van der Waals surface area contributed by atoms with Crippen LogP contribution in [0.15, 0.2) is 24.3 Å². The molecule has 5 nitrogen and oxygen atoms in total. The van der Waals surface area contributed by atoms with Crippen LogP contribution in [0.1, 0.15) is 31.2 Å². The van der Waals surface area contributed by atoms with Crippen LogP contribution in [-0.2, 0) is 20.7 Å². The van der Waals surface area contributed by atoms with Crippen molar-refractivity contribution in [2.45, 2.75) is 49.8 Å². The summed E-state index contributed by atoms with van der Waals surface area (Å²) in [4.78, 5) is 28.5. The molecule has 2 bridgehead atoms. The lowest BCUT2D eigenvalue weighted by atomic mass is 9.84. The molecule has 0 saturated carbocycles. The highest BCUT2D eigenvalue weighted by Crippen LogP contribution is 2.44. The Kier molecular flexibility index (Phi) is 4.24. The number of nitrogens with zero attached hydrogens (tertiary/aromatic N) is 2. The van der Waals surface area contributed by atoms with Crippen LogP contribution in [-0.4, -0.2) is 59.5 Å². The Morgan fingerprint density at radius 1 is 1.28 bits per heavy atom. The van der Waals surface area contributed by atoms with Crippen LogP contribution in [0.25, 0.3) is 0 Å². The predicted octanol–water partition coefficient (Wildman–Crippen LogP) is 2.26. The number of likely N-dealkylation sites (N-methyl/N-ethyl adjacent to an activating group) is 1. The fraction of sp³-hybridized carbons (Fsp3) is 0.579. The van der Waals surface area contributed by atoms with Gasteiger partial charge < -0.3 is 14.5 Å². The number of ether oxygens (including phenoxy) is 1. The molecule has 2 atom stereocenters. The second-order valence-corrected chi connectivity index (χ2v) is 7.99. The summed E-state index contributed by atoms with van der Waals surface area (Å²) < 4.78 is 5.99. The minimum Gasteiger partial charge on any atom is -0.363 e. The molecule has 3 aliphatic heterocycles. The number of carbonyl (C=O) groups is 2. The molecule has 2 unspecified atom stereocenters. The second kappa shape index (κ2) is 6.29. The van der Waals surface area contributed by atoms with E-state index < -0.39 is 0 Å². The lowest BCUT2D eigenvalue weighted by Gasteiger charge is -2.49. The standard InChI is InChI=1S/C19H23ClN2O3/c1-21-12-19(25-11-18(21)24)9-14-6-7-15(10-19)22(14)17(23)8-13-4-2-3-5-16(13)20/h2-5,14-15H,6-12H2,1H3. The molecule has 6 heteroatoms. The van der Waals surface area contributed by atoms with Gasteiger partial charge in [-0.3, -0.25) is 9.59 Å². The van der Waals surface area contributed by atoms with Crippen molar-refractivity contribution in [1.29, 1.82) is 0 Å². The summed E-state index contributed by atoms with van der Waals surface area (Å²) in [6.07, 6.45) is 4.01. The number of piperidine rings is 1. The molecule has 3 saturated heterocycles. The van der Waals surface area contributed by atoms with Gasteiger partial charge in [0.2, 0.25) is 11.8 Å². The molecule has 1 aromatic rings. The average molecular weight is 363 g/mol. The van der Waals surface area contributed by atoms with E-state index >= 15 is 0 Å². The van der Waals surface area contributed by atoms with Gasteiger partial charge in [-0.25, -0.2) is 0 Å². The maximum absolute atomic E-state index is 12.9. The van der Waals surface area contributed by atoms with Crippen LogP contribution in [0.3, 0.4) is 0 Å². The van der Waals surface area contributed by atoms with Gasteiger partial charge in [-0.05, 0) is 37.3 Å². The summed E-state index contributed by atoms with van der Waals surface area (Å²) in [6.45, 7) is 0.787. The normalized spacial score (nSPS) is 31.7. The van der Waals surface area contributed by atoms with E-state index in [0.29, 0.717) is 18.0 Å². The first-order valence-electron chi connectivity index (χ1n) is 8.90. The number of morpholine rings is 1. The number of carbonyl (C=O) groups excluding carboxylic acids is 2. The second-order valence-electron chi connectivity index (χ2n) is 7.58. The van der Waals surface area contributed by atoms with Gasteiger partial charge in [-0.2, -0.15) is 0 Å². The Morgan fingerprint density at radius 3 is 2.60 bits per heavy atom. The van der Waals surface area contributed by atoms with Gasteiger partial charge in [0.05, 0.1) is 12.0 Å². The highest BCUT2D eigenvalue weighted by Gasteiger charge is 2.52. The molecule has 134 valence electrons. The summed E-state index contributed by atoms with van der Waals surface area (Å²) in [6, 6.07) is 7.94. The maximum Gasteiger partial charge on any atom is 0.248 e. The minimum absolute atomic E-state index is 0.0372. The zero-order chi connectivity index (χ0) is 17.6. The number of rotatable bonds is 2. The van der Waals surface area contributed by atoms with Crippen LogP contribution in [0, 0.1) is 0 Å². The molecule has 0 aliphatic carbocycles. The third-order valence-corrected chi connectivity index (χ3v) is 6.24. The first-order valence-corrected chi connectivity index (χ1v) is 9.28. The Labute approximate surface area is 152 Å². The summed E-state index contributed by atoms with van der Waals surface area (Å²) in [7, 11) is 1.84. The Balaban J connectivity index is 1.48. The van der Waals surface area contributed by atoms with Gasteiger partial charge in [0.15, 0.2) is 0 Å². The third kappa shape index (κ3) is 3.04. The molecule has 0 radical (unpaired) electrons. The molecule has 3 aliphatic rings. The van der Waals surface area contributed by atoms with Crippen molar-refractivity contribution >= 4 is 23.4 Å². The average Bonchev–Trinajstić information content (AvgIpc) is 2.86. The summed E-state index contributed by atoms with van der Waals surface area (Å²) >= 11 is 6.21. The zero-order valence-corrected chi connectivity index (χ0v) is 15.2. The van der Waals surface area contributed by atoms with E-state index in [2.05, 4.69) is 4.90 Å². The molecule has 3 fully saturated rings. The zero-order valence-electron chi connectivity index (χ0n) is 14.4. The molecule has 0 N–H and O–H groups in total. The van der Waals surface area contributed by atoms with E-state index in [1.807, 2.05) is 31.3 Å². The fourth-order valence-corrected chi connectivity index (χ4v) is 4.95. The van der Waals surface area contributed by atoms with E-state index in [1.54, 1.807) is 4.90 Å². The van der Waals surface area contributed by atoms with Crippen LogP contribution < -0.4 is 0 Å². The van der Waals surface area contributed by atoms with Crippen molar-refractivity contribution in [2.24, 2.45) is 0 Å². The number of hydrogen-bond acceptors (Lipinski definition) is 3. The molecular formula is C19H23ClN2O3. The van der Waals surface area contributed by atoms with Crippen LogP contribution in [0.5, 0.6) is 0 Å².